The summed E-state index contributed by atoms with van der Waals surface area (Å²) in [5, 5.41) is 3.46. The number of hydrogen-bond acceptors (Lipinski definition) is 4. The lowest BCUT2D eigenvalue weighted by Crippen LogP contribution is -2.30. The molecule has 4 nitrogen and oxygen atoms in total. The van der Waals surface area contributed by atoms with E-state index < -0.39 is 0 Å². The van der Waals surface area contributed by atoms with Gasteiger partial charge in [-0.05, 0) is 44.1 Å². The lowest BCUT2D eigenvalue weighted by Gasteiger charge is -2.28. The van der Waals surface area contributed by atoms with Crippen molar-refractivity contribution in [1.82, 2.24) is 10.2 Å². The Kier molecular flexibility index (Phi) is 4.43. The summed E-state index contributed by atoms with van der Waals surface area (Å²) in [6.45, 7) is 8.25. The predicted molar refractivity (Wildman–Crippen MR) is 79.5 cm³/mol. The van der Waals surface area contributed by atoms with Gasteiger partial charge in [0.1, 0.15) is 0 Å². The Hall–Kier alpha value is -1.26. The Morgan fingerprint density at radius 2 is 1.90 bits per heavy atom. The SMILES string of the molecule is CC(c1ccc2c(c1)OCCCO2)N1CCCNCC1. The highest BCUT2D eigenvalue weighted by Crippen LogP contribution is 2.33. The van der Waals surface area contributed by atoms with Gasteiger partial charge in [-0.1, -0.05) is 6.07 Å². The molecule has 2 heterocycles. The van der Waals surface area contributed by atoms with Crippen LogP contribution in [0.25, 0.3) is 0 Å². The average Bonchev–Trinajstić information content (AvgIpc) is 2.88. The average molecular weight is 276 g/mol. The summed E-state index contributed by atoms with van der Waals surface area (Å²) in [4.78, 5) is 2.54. The van der Waals surface area contributed by atoms with Crippen molar-refractivity contribution in [3.63, 3.8) is 0 Å². The van der Waals surface area contributed by atoms with Crippen LogP contribution >= 0.6 is 0 Å². The number of fused-ring (bicyclic) bond motifs is 1. The fourth-order valence-electron chi connectivity index (χ4n) is 2.90. The van der Waals surface area contributed by atoms with Crippen molar-refractivity contribution in [3.05, 3.63) is 23.8 Å². The van der Waals surface area contributed by atoms with E-state index in [9.17, 15) is 0 Å². The van der Waals surface area contributed by atoms with E-state index in [2.05, 4.69) is 35.3 Å². The third kappa shape index (κ3) is 3.07. The van der Waals surface area contributed by atoms with Crippen LogP contribution in [0.2, 0.25) is 0 Å². The minimum Gasteiger partial charge on any atom is -0.490 e. The van der Waals surface area contributed by atoms with E-state index >= 15 is 0 Å². The zero-order valence-electron chi connectivity index (χ0n) is 12.2. The molecule has 1 saturated heterocycles. The highest BCUT2D eigenvalue weighted by Gasteiger charge is 2.19. The molecular formula is C16H24N2O2. The topological polar surface area (TPSA) is 33.7 Å². The summed E-state index contributed by atoms with van der Waals surface area (Å²) in [5.41, 5.74) is 1.32. The molecule has 1 fully saturated rings. The predicted octanol–water partition coefficient (Wildman–Crippen LogP) is 2.20. The summed E-state index contributed by atoms with van der Waals surface area (Å²) in [6, 6.07) is 6.81. The lowest BCUT2D eigenvalue weighted by molar-refractivity contribution is 0.224. The number of nitrogens with zero attached hydrogens (tertiary/aromatic N) is 1. The van der Waals surface area contributed by atoms with Gasteiger partial charge in [0.25, 0.3) is 0 Å². The third-order valence-corrected chi connectivity index (χ3v) is 4.18. The Bertz CT molecular complexity index is 442. The Morgan fingerprint density at radius 3 is 2.80 bits per heavy atom. The fourth-order valence-corrected chi connectivity index (χ4v) is 2.90. The van der Waals surface area contributed by atoms with E-state index in [0.717, 1.165) is 57.3 Å². The van der Waals surface area contributed by atoms with Crippen molar-refractivity contribution in [2.24, 2.45) is 0 Å². The fraction of sp³-hybridized carbons (Fsp3) is 0.625. The van der Waals surface area contributed by atoms with E-state index in [1.54, 1.807) is 0 Å². The summed E-state index contributed by atoms with van der Waals surface area (Å²) >= 11 is 0. The smallest absolute Gasteiger partial charge is 0.161 e. The molecule has 1 aromatic rings. The number of ether oxygens (including phenoxy) is 2. The molecular weight excluding hydrogens is 252 g/mol. The van der Waals surface area contributed by atoms with Gasteiger partial charge in [-0.2, -0.15) is 0 Å². The molecule has 3 rings (SSSR count). The van der Waals surface area contributed by atoms with Gasteiger partial charge < -0.3 is 14.8 Å². The van der Waals surface area contributed by atoms with Gasteiger partial charge in [-0.15, -0.1) is 0 Å². The molecule has 0 radical (unpaired) electrons. The van der Waals surface area contributed by atoms with E-state index in [4.69, 9.17) is 9.47 Å². The third-order valence-electron chi connectivity index (χ3n) is 4.18. The second-order valence-electron chi connectivity index (χ2n) is 5.57. The first-order valence-corrected chi connectivity index (χ1v) is 7.69. The molecule has 0 spiro atoms. The second kappa shape index (κ2) is 6.46. The van der Waals surface area contributed by atoms with Crippen LogP contribution in [0.3, 0.4) is 0 Å². The lowest BCUT2D eigenvalue weighted by atomic mass is 10.1. The van der Waals surface area contributed by atoms with Crippen LogP contribution in [-0.2, 0) is 0 Å². The quantitative estimate of drug-likeness (QED) is 0.898. The van der Waals surface area contributed by atoms with Gasteiger partial charge in [0, 0.05) is 25.6 Å². The Balaban J connectivity index is 1.77. The van der Waals surface area contributed by atoms with Crippen LogP contribution in [0, 0.1) is 0 Å². The summed E-state index contributed by atoms with van der Waals surface area (Å²) in [6.07, 6.45) is 2.17. The minimum absolute atomic E-state index is 0.423. The molecule has 4 heteroatoms. The molecule has 2 aliphatic heterocycles. The van der Waals surface area contributed by atoms with E-state index in [1.807, 2.05) is 0 Å². The standard InChI is InChI=1S/C16H24N2O2/c1-13(18-8-2-6-17-7-9-18)14-4-5-15-16(12-14)20-11-3-10-19-15/h4-5,12-13,17H,2-3,6-11H2,1H3. The number of hydrogen-bond donors (Lipinski definition) is 1. The number of benzene rings is 1. The van der Waals surface area contributed by atoms with Gasteiger partial charge in [0.2, 0.25) is 0 Å². The maximum Gasteiger partial charge on any atom is 0.161 e. The van der Waals surface area contributed by atoms with E-state index in [-0.39, 0.29) is 0 Å². The summed E-state index contributed by atoms with van der Waals surface area (Å²) < 4.78 is 11.5. The number of nitrogens with one attached hydrogen (secondary N) is 1. The van der Waals surface area contributed by atoms with Crippen LogP contribution in [0.15, 0.2) is 18.2 Å². The van der Waals surface area contributed by atoms with E-state index in [0.29, 0.717) is 6.04 Å². The Labute approximate surface area is 121 Å². The molecule has 1 N–H and O–H groups in total. The van der Waals surface area contributed by atoms with Crippen LogP contribution in [-0.4, -0.2) is 44.3 Å². The summed E-state index contributed by atoms with van der Waals surface area (Å²) in [5.74, 6) is 1.79. The van der Waals surface area contributed by atoms with Crippen molar-refractivity contribution in [1.29, 1.82) is 0 Å². The molecule has 110 valence electrons. The van der Waals surface area contributed by atoms with Crippen molar-refractivity contribution in [2.75, 3.05) is 39.4 Å². The molecule has 1 aromatic carbocycles. The van der Waals surface area contributed by atoms with Gasteiger partial charge in [0.05, 0.1) is 13.2 Å². The first-order valence-electron chi connectivity index (χ1n) is 7.69. The zero-order chi connectivity index (χ0) is 13.8. The van der Waals surface area contributed by atoms with Crippen molar-refractivity contribution in [2.45, 2.75) is 25.8 Å². The van der Waals surface area contributed by atoms with Crippen molar-refractivity contribution in [3.8, 4) is 11.5 Å². The highest BCUT2D eigenvalue weighted by atomic mass is 16.5. The minimum atomic E-state index is 0.423. The van der Waals surface area contributed by atoms with Crippen molar-refractivity contribution < 1.29 is 9.47 Å². The molecule has 1 atom stereocenters. The van der Waals surface area contributed by atoms with Crippen LogP contribution in [0.5, 0.6) is 11.5 Å². The molecule has 1 unspecified atom stereocenters. The molecule has 0 aromatic heterocycles. The first kappa shape index (κ1) is 13.7. The van der Waals surface area contributed by atoms with Crippen molar-refractivity contribution >= 4 is 0 Å². The van der Waals surface area contributed by atoms with Gasteiger partial charge in [-0.25, -0.2) is 0 Å². The summed E-state index contributed by atoms with van der Waals surface area (Å²) in [7, 11) is 0. The van der Waals surface area contributed by atoms with Crippen LogP contribution < -0.4 is 14.8 Å². The molecule has 0 aliphatic carbocycles. The normalized spacial score (nSPS) is 21.9. The monoisotopic (exact) mass is 276 g/mol. The maximum atomic E-state index is 5.80. The molecule has 0 saturated carbocycles. The molecule has 2 aliphatic rings. The largest absolute Gasteiger partial charge is 0.490 e. The van der Waals surface area contributed by atoms with Crippen LogP contribution in [0.1, 0.15) is 31.4 Å². The number of rotatable bonds is 2. The highest BCUT2D eigenvalue weighted by molar-refractivity contribution is 5.44. The van der Waals surface area contributed by atoms with Crippen LogP contribution in [0.4, 0.5) is 0 Å². The zero-order valence-corrected chi connectivity index (χ0v) is 12.2. The molecule has 0 amide bonds. The molecule has 20 heavy (non-hydrogen) atoms. The Morgan fingerprint density at radius 1 is 1.05 bits per heavy atom. The second-order valence-corrected chi connectivity index (χ2v) is 5.57. The first-order chi connectivity index (χ1) is 9.84. The maximum absolute atomic E-state index is 5.80. The van der Waals surface area contributed by atoms with E-state index in [1.165, 1.54) is 12.0 Å². The van der Waals surface area contributed by atoms with Gasteiger partial charge >= 0.3 is 0 Å². The van der Waals surface area contributed by atoms with Gasteiger partial charge in [0.15, 0.2) is 11.5 Å². The van der Waals surface area contributed by atoms with Gasteiger partial charge in [-0.3, -0.25) is 4.90 Å². The molecule has 0 bridgehead atoms.